The summed E-state index contributed by atoms with van der Waals surface area (Å²) in [5.41, 5.74) is 2.55. The molecule has 0 saturated carbocycles. The van der Waals surface area contributed by atoms with Crippen molar-refractivity contribution in [2.24, 2.45) is 0 Å². The molecule has 0 saturated heterocycles. The quantitative estimate of drug-likeness (QED) is 0.814. The lowest BCUT2D eigenvalue weighted by Crippen LogP contribution is -2.34. The number of benzene rings is 2. The first-order chi connectivity index (χ1) is 9.03. The van der Waals surface area contributed by atoms with Crippen LogP contribution in [0.15, 0.2) is 60.7 Å². The highest BCUT2D eigenvalue weighted by Crippen LogP contribution is 2.17. The van der Waals surface area contributed by atoms with Crippen LogP contribution in [0.25, 0.3) is 11.1 Å². The first-order valence-corrected chi connectivity index (χ1v) is 10.5. The maximum absolute atomic E-state index is 3.17. The Morgan fingerprint density at radius 3 is 1.32 bits per heavy atom. The molecule has 0 bridgehead atoms. The summed E-state index contributed by atoms with van der Waals surface area (Å²) in [5, 5.41) is 3.17. The van der Waals surface area contributed by atoms with Crippen LogP contribution in [0.5, 0.6) is 0 Å². The Kier molecular flexibility index (Phi) is 6.54. The zero-order chi connectivity index (χ0) is 14.1. The largest absolute Gasteiger partial charge is 0.322 e. The molecule has 0 aliphatic carbocycles. The molecule has 0 atom stereocenters. The molecule has 2 aromatic rings. The van der Waals surface area contributed by atoms with Gasteiger partial charge in [0.25, 0.3) is 0 Å². The highest BCUT2D eigenvalue weighted by Gasteiger charge is 2.09. The van der Waals surface area contributed by atoms with E-state index in [1.807, 2.05) is 19.2 Å². The highest BCUT2D eigenvalue weighted by molar-refractivity contribution is 6.76. The molecule has 0 aliphatic rings. The van der Waals surface area contributed by atoms with Gasteiger partial charge in [-0.05, 0) is 24.3 Å². The average molecular weight is 271 g/mol. The lowest BCUT2D eigenvalue weighted by atomic mass is 10.1. The van der Waals surface area contributed by atoms with Gasteiger partial charge >= 0.3 is 0 Å². The second-order valence-corrected chi connectivity index (χ2v) is 11.3. The molecular formula is C17H25NSi. The van der Waals surface area contributed by atoms with Gasteiger partial charge in [0.05, 0.1) is 8.07 Å². The third kappa shape index (κ3) is 6.94. The molecule has 1 N–H and O–H groups in total. The Morgan fingerprint density at radius 2 is 1.11 bits per heavy atom. The van der Waals surface area contributed by atoms with Crippen molar-refractivity contribution in [3.05, 3.63) is 60.7 Å². The van der Waals surface area contributed by atoms with E-state index in [0.717, 1.165) is 0 Å². The van der Waals surface area contributed by atoms with Crippen molar-refractivity contribution < 1.29 is 0 Å². The zero-order valence-corrected chi connectivity index (χ0v) is 13.5. The predicted octanol–water partition coefficient (Wildman–Crippen LogP) is 4.44. The summed E-state index contributed by atoms with van der Waals surface area (Å²) in [6, 6.07) is 20.8. The first kappa shape index (κ1) is 15.7. The van der Waals surface area contributed by atoms with E-state index in [9.17, 15) is 0 Å². The van der Waals surface area contributed by atoms with E-state index < -0.39 is 8.07 Å². The molecule has 0 amide bonds. The topological polar surface area (TPSA) is 12.0 Å². The van der Waals surface area contributed by atoms with Crippen molar-refractivity contribution in [2.75, 3.05) is 13.2 Å². The molecule has 0 unspecified atom stereocenters. The third-order valence-corrected chi connectivity index (χ3v) is 4.00. The summed E-state index contributed by atoms with van der Waals surface area (Å²) < 4.78 is 0. The molecule has 0 radical (unpaired) electrons. The van der Waals surface area contributed by atoms with E-state index in [2.05, 4.69) is 73.5 Å². The minimum absolute atomic E-state index is 0.768. The SMILES string of the molecule is CNC[Si](C)(C)C.c1ccc(-c2ccccc2)cc1. The molecule has 19 heavy (non-hydrogen) atoms. The normalized spacial score (nSPS) is 10.5. The van der Waals surface area contributed by atoms with Gasteiger partial charge in [-0.1, -0.05) is 80.3 Å². The molecular weight excluding hydrogens is 246 g/mol. The van der Waals surface area contributed by atoms with Gasteiger partial charge in [-0.25, -0.2) is 0 Å². The summed E-state index contributed by atoms with van der Waals surface area (Å²) in [6.07, 6.45) is 1.23. The van der Waals surface area contributed by atoms with Crippen LogP contribution >= 0.6 is 0 Å². The van der Waals surface area contributed by atoms with Crippen molar-refractivity contribution in [3.63, 3.8) is 0 Å². The van der Waals surface area contributed by atoms with Gasteiger partial charge < -0.3 is 5.32 Å². The molecule has 102 valence electrons. The standard InChI is InChI=1S/C12H10.C5H15NSi/c1-3-7-11(8-4-1)12-9-5-2-6-10-12;1-6-5-7(2,3)4/h1-10H;6H,5H2,1-4H3. The van der Waals surface area contributed by atoms with Gasteiger partial charge in [-0.3, -0.25) is 0 Å². The summed E-state index contributed by atoms with van der Waals surface area (Å²) in [6.45, 7) is 7.05. The van der Waals surface area contributed by atoms with E-state index in [1.165, 1.54) is 17.3 Å². The third-order valence-electron chi connectivity index (χ3n) is 2.59. The lowest BCUT2D eigenvalue weighted by molar-refractivity contribution is 0.946. The minimum atomic E-state index is -0.768. The maximum atomic E-state index is 3.17. The Bertz CT molecular complexity index is 408. The Labute approximate surface area is 118 Å². The van der Waals surface area contributed by atoms with Crippen LogP contribution in [0.3, 0.4) is 0 Å². The van der Waals surface area contributed by atoms with E-state index in [4.69, 9.17) is 0 Å². The molecule has 0 heterocycles. The monoisotopic (exact) mass is 271 g/mol. The van der Waals surface area contributed by atoms with Gasteiger partial charge in [-0.2, -0.15) is 0 Å². The molecule has 1 nitrogen and oxygen atoms in total. The van der Waals surface area contributed by atoms with Gasteiger partial charge in [-0.15, -0.1) is 0 Å². The summed E-state index contributed by atoms with van der Waals surface area (Å²) in [7, 11) is 1.24. The highest BCUT2D eigenvalue weighted by atomic mass is 28.3. The summed E-state index contributed by atoms with van der Waals surface area (Å²) in [4.78, 5) is 0. The van der Waals surface area contributed by atoms with Gasteiger partial charge in [0, 0.05) is 0 Å². The summed E-state index contributed by atoms with van der Waals surface area (Å²) >= 11 is 0. The van der Waals surface area contributed by atoms with Crippen LogP contribution in [0.4, 0.5) is 0 Å². The van der Waals surface area contributed by atoms with Crippen molar-refractivity contribution in [3.8, 4) is 11.1 Å². The number of rotatable bonds is 3. The first-order valence-electron chi connectivity index (χ1n) is 6.78. The number of hydrogen-bond donors (Lipinski definition) is 1. The predicted molar refractivity (Wildman–Crippen MR) is 89.2 cm³/mol. The molecule has 2 heteroatoms. The van der Waals surface area contributed by atoms with Crippen LogP contribution in [-0.4, -0.2) is 21.3 Å². The Balaban J connectivity index is 0.000000224. The Morgan fingerprint density at radius 1 is 0.737 bits per heavy atom. The fourth-order valence-electron chi connectivity index (χ4n) is 1.79. The molecule has 0 fully saturated rings. The van der Waals surface area contributed by atoms with E-state index in [-0.39, 0.29) is 0 Å². The van der Waals surface area contributed by atoms with E-state index >= 15 is 0 Å². The minimum Gasteiger partial charge on any atom is -0.322 e. The molecule has 0 aromatic heterocycles. The van der Waals surface area contributed by atoms with Crippen molar-refractivity contribution >= 4 is 8.07 Å². The molecule has 2 aromatic carbocycles. The lowest BCUT2D eigenvalue weighted by Gasteiger charge is -2.13. The van der Waals surface area contributed by atoms with Crippen LogP contribution < -0.4 is 5.32 Å². The maximum Gasteiger partial charge on any atom is 0.0595 e. The van der Waals surface area contributed by atoms with Crippen LogP contribution in [0.2, 0.25) is 19.6 Å². The second kappa shape index (κ2) is 7.92. The molecule has 2 rings (SSSR count). The van der Waals surface area contributed by atoms with E-state index in [1.54, 1.807) is 0 Å². The average Bonchev–Trinajstić information content (AvgIpc) is 2.40. The van der Waals surface area contributed by atoms with Crippen molar-refractivity contribution in [1.82, 2.24) is 5.32 Å². The van der Waals surface area contributed by atoms with Gasteiger partial charge in [0.15, 0.2) is 0 Å². The van der Waals surface area contributed by atoms with Crippen molar-refractivity contribution in [1.29, 1.82) is 0 Å². The molecule has 0 spiro atoms. The van der Waals surface area contributed by atoms with Gasteiger partial charge in [0.2, 0.25) is 0 Å². The smallest absolute Gasteiger partial charge is 0.0595 e. The number of nitrogens with one attached hydrogen (secondary N) is 1. The van der Waals surface area contributed by atoms with Crippen LogP contribution in [-0.2, 0) is 0 Å². The number of hydrogen-bond acceptors (Lipinski definition) is 1. The fraction of sp³-hybridized carbons (Fsp3) is 0.294. The van der Waals surface area contributed by atoms with E-state index in [0.29, 0.717) is 0 Å². The van der Waals surface area contributed by atoms with Crippen molar-refractivity contribution in [2.45, 2.75) is 19.6 Å². The second-order valence-electron chi connectivity index (χ2n) is 5.82. The molecule has 0 aliphatic heterocycles. The fourth-order valence-corrected chi connectivity index (χ4v) is 2.85. The Hall–Kier alpha value is -1.38. The zero-order valence-electron chi connectivity index (χ0n) is 12.5. The van der Waals surface area contributed by atoms with Crippen LogP contribution in [0.1, 0.15) is 0 Å². The summed E-state index contributed by atoms with van der Waals surface area (Å²) in [5.74, 6) is 0. The van der Waals surface area contributed by atoms with Crippen LogP contribution in [0, 0.1) is 0 Å². The van der Waals surface area contributed by atoms with Gasteiger partial charge in [0.1, 0.15) is 0 Å².